The SMILES string of the molecule is CC(=O)N[C@@H]1[C@@H](O[C@@H]2O[C@@H](C)[C@@H](O)[C@@H](O)[C@@H]2O)[C@H](O[C@@H]2O[C@H](CO)[C@@H](O)[C@H](O)[C@H]2NC(C)=O)[C@@H](C)O[C@H]1O. The van der Waals surface area contributed by atoms with Gasteiger partial charge in [-0.2, -0.15) is 0 Å². The van der Waals surface area contributed by atoms with E-state index in [4.69, 9.17) is 23.7 Å². The Morgan fingerprint density at radius 1 is 0.684 bits per heavy atom. The maximum atomic E-state index is 11.9. The molecule has 3 aliphatic heterocycles. The molecule has 220 valence electrons. The van der Waals surface area contributed by atoms with Crippen LogP contribution in [0.3, 0.4) is 0 Å². The van der Waals surface area contributed by atoms with Gasteiger partial charge in [-0.3, -0.25) is 9.59 Å². The smallest absolute Gasteiger partial charge is 0.217 e. The molecule has 0 aromatic carbocycles. The van der Waals surface area contributed by atoms with Crippen molar-refractivity contribution < 1.29 is 69.0 Å². The van der Waals surface area contributed by atoms with Crippen LogP contribution < -0.4 is 10.6 Å². The highest BCUT2D eigenvalue weighted by molar-refractivity contribution is 5.73. The normalized spacial score (nSPS) is 47.8. The number of ether oxygens (including phenoxy) is 5. The van der Waals surface area contributed by atoms with E-state index < -0.39 is 110 Å². The van der Waals surface area contributed by atoms with Gasteiger partial charge in [0, 0.05) is 13.8 Å². The number of carbonyl (C=O) groups is 2. The van der Waals surface area contributed by atoms with Gasteiger partial charge in [0.15, 0.2) is 18.9 Å². The Labute approximate surface area is 218 Å². The van der Waals surface area contributed by atoms with Crippen molar-refractivity contribution in [3.63, 3.8) is 0 Å². The van der Waals surface area contributed by atoms with Crippen LogP contribution in [0.5, 0.6) is 0 Å². The number of nitrogens with one attached hydrogen (secondary N) is 2. The van der Waals surface area contributed by atoms with Gasteiger partial charge in [-0.25, -0.2) is 0 Å². The van der Waals surface area contributed by atoms with Crippen molar-refractivity contribution in [2.75, 3.05) is 6.61 Å². The molecule has 2 amide bonds. The number of rotatable bonds is 7. The van der Waals surface area contributed by atoms with Crippen molar-refractivity contribution in [1.29, 1.82) is 0 Å². The molecule has 0 saturated carbocycles. The van der Waals surface area contributed by atoms with Crippen molar-refractivity contribution >= 4 is 11.8 Å². The molecule has 3 heterocycles. The fraction of sp³-hybridized carbons (Fsp3) is 0.909. The molecule has 3 aliphatic rings. The van der Waals surface area contributed by atoms with Crippen molar-refractivity contribution in [2.45, 2.75) is 120 Å². The second-order valence-corrected chi connectivity index (χ2v) is 9.77. The van der Waals surface area contributed by atoms with Crippen molar-refractivity contribution in [1.82, 2.24) is 10.6 Å². The summed E-state index contributed by atoms with van der Waals surface area (Å²) >= 11 is 0. The molecule has 38 heavy (non-hydrogen) atoms. The van der Waals surface area contributed by atoms with Crippen LogP contribution >= 0.6 is 0 Å². The molecule has 0 unspecified atom stereocenters. The van der Waals surface area contributed by atoms with Gasteiger partial charge in [-0.05, 0) is 13.8 Å². The van der Waals surface area contributed by atoms with Gasteiger partial charge in [-0.15, -0.1) is 0 Å². The third kappa shape index (κ3) is 6.60. The van der Waals surface area contributed by atoms with E-state index in [9.17, 15) is 45.3 Å². The monoisotopic (exact) mass is 554 g/mol. The van der Waals surface area contributed by atoms with Gasteiger partial charge >= 0.3 is 0 Å². The largest absolute Gasteiger partial charge is 0.394 e. The zero-order valence-electron chi connectivity index (χ0n) is 21.4. The summed E-state index contributed by atoms with van der Waals surface area (Å²) in [6, 6.07) is -2.63. The van der Waals surface area contributed by atoms with Crippen LogP contribution in [-0.4, -0.2) is 146 Å². The van der Waals surface area contributed by atoms with Crippen LogP contribution in [0.1, 0.15) is 27.7 Å². The summed E-state index contributed by atoms with van der Waals surface area (Å²) in [7, 11) is 0. The van der Waals surface area contributed by atoms with Crippen LogP contribution in [0.4, 0.5) is 0 Å². The third-order valence-corrected chi connectivity index (χ3v) is 6.81. The quantitative estimate of drug-likeness (QED) is 0.143. The first-order chi connectivity index (χ1) is 17.8. The molecule has 16 heteroatoms. The lowest BCUT2D eigenvalue weighted by Gasteiger charge is -2.49. The van der Waals surface area contributed by atoms with Crippen LogP contribution in [0, 0.1) is 0 Å². The molecule has 3 fully saturated rings. The number of amides is 2. The van der Waals surface area contributed by atoms with Crippen molar-refractivity contribution in [2.24, 2.45) is 0 Å². The Balaban J connectivity index is 1.94. The lowest BCUT2D eigenvalue weighted by Crippen LogP contribution is -2.69. The molecule has 0 aromatic rings. The number of hydrogen-bond acceptors (Lipinski definition) is 14. The molecule has 3 saturated heterocycles. The van der Waals surface area contributed by atoms with E-state index in [0.717, 1.165) is 0 Å². The fourth-order valence-electron chi connectivity index (χ4n) is 4.78. The predicted octanol–water partition coefficient (Wildman–Crippen LogP) is -5.23. The van der Waals surface area contributed by atoms with E-state index >= 15 is 0 Å². The van der Waals surface area contributed by atoms with E-state index in [2.05, 4.69) is 10.6 Å². The second kappa shape index (κ2) is 12.8. The van der Waals surface area contributed by atoms with Crippen LogP contribution in [-0.2, 0) is 33.3 Å². The maximum absolute atomic E-state index is 11.9. The lowest BCUT2D eigenvalue weighted by atomic mass is 9.94. The molecule has 0 bridgehead atoms. The summed E-state index contributed by atoms with van der Waals surface area (Å²) in [6.45, 7) is 4.56. The Hall–Kier alpha value is -1.54. The topological polar surface area (TPSA) is 246 Å². The van der Waals surface area contributed by atoms with E-state index in [1.54, 1.807) is 0 Å². The summed E-state index contributed by atoms with van der Waals surface area (Å²) in [6.07, 6.45) is -18.5. The second-order valence-electron chi connectivity index (χ2n) is 9.77. The summed E-state index contributed by atoms with van der Waals surface area (Å²) < 4.78 is 28.6. The zero-order chi connectivity index (χ0) is 28.5. The van der Waals surface area contributed by atoms with E-state index in [1.165, 1.54) is 27.7 Å². The molecular weight excluding hydrogens is 516 g/mol. The summed E-state index contributed by atoms with van der Waals surface area (Å²) in [5, 5.41) is 76.7. The van der Waals surface area contributed by atoms with Gasteiger partial charge in [0.2, 0.25) is 11.8 Å². The zero-order valence-corrected chi connectivity index (χ0v) is 21.4. The molecule has 9 N–H and O–H groups in total. The first-order valence-corrected chi connectivity index (χ1v) is 12.3. The first-order valence-electron chi connectivity index (χ1n) is 12.3. The van der Waals surface area contributed by atoms with E-state index in [0.29, 0.717) is 0 Å². The first kappa shape index (κ1) is 31.0. The lowest BCUT2D eigenvalue weighted by molar-refractivity contribution is -0.359. The third-order valence-electron chi connectivity index (χ3n) is 6.81. The molecule has 3 rings (SSSR count). The van der Waals surface area contributed by atoms with Crippen LogP contribution in [0.2, 0.25) is 0 Å². The Kier molecular flexibility index (Phi) is 10.4. The Bertz CT molecular complexity index is 821. The van der Waals surface area contributed by atoms with Gasteiger partial charge in [0.05, 0.1) is 18.8 Å². The Morgan fingerprint density at radius 3 is 1.84 bits per heavy atom. The maximum Gasteiger partial charge on any atom is 0.217 e. The Morgan fingerprint density at radius 2 is 1.26 bits per heavy atom. The van der Waals surface area contributed by atoms with Gasteiger partial charge < -0.3 is 70.1 Å². The van der Waals surface area contributed by atoms with Gasteiger partial charge in [0.25, 0.3) is 0 Å². The summed E-state index contributed by atoms with van der Waals surface area (Å²) in [5.41, 5.74) is 0. The van der Waals surface area contributed by atoms with Crippen molar-refractivity contribution in [3.8, 4) is 0 Å². The van der Waals surface area contributed by atoms with Gasteiger partial charge in [0.1, 0.15) is 60.9 Å². The molecule has 16 nitrogen and oxygen atoms in total. The average Bonchev–Trinajstić information content (AvgIpc) is 2.84. The summed E-state index contributed by atoms with van der Waals surface area (Å²) in [4.78, 5) is 23.7. The summed E-state index contributed by atoms with van der Waals surface area (Å²) in [5.74, 6) is -1.18. The molecule has 0 aromatic heterocycles. The molecule has 0 radical (unpaired) electrons. The minimum Gasteiger partial charge on any atom is -0.394 e. The highest BCUT2D eigenvalue weighted by atomic mass is 16.7. The number of hydrogen-bond donors (Lipinski definition) is 9. The highest BCUT2D eigenvalue weighted by Gasteiger charge is 2.53. The van der Waals surface area contributed by atoms with Crippen molar-refractivity contribution in [3.05, 3.63) is 0 Å². The number of aliphatic hydroxyl groups excluding tert-OH is 7. The van der Waals surface area contributed by atoms with E-state index in [1.807, 2.05) is 0 Å². The highest BCUT2D eigenvalue weighted by Crippen LogP contribution is 2.32. The molecular formula is C22H38N2O14. The molecule has 15 atom stereocenters. The number of carbonyl (C=O) groups excluding carboxylic acids is 2. The fourth-order valence-corrected chi connectivity index (χ4v) is 4.78. The minimum atomic E-state index is -1.73. The number of aliphatic hydroxyl groups is 7. The standard InChI is InChI=1S/C22H38N2O14/c1-6-13(28)16(31)17(32)22(35-6)38-19-12(24-9(4)27)20(33)34-7(2)18(19)37-21-11(23-8(3)26)15(30)14(29)10(5-25)36-21/h6-7,10-22,25,28-33H,5H2,1-4H3,(H,23,26)(H,24,27)/t6-,7+,10+,11+,12+,13+,14+,15+,16+,17-,18+,19+,20+,21-,22-/m0/s1. The van der Waals surface area contributed by atoms with Crippen LogP contribution in [0.15, 0.2) is 0 Å². The average molecular weight is 555 g/mol. The molecule has 0 aliphatic carbocycles. The molecule has 0 spiro atoms. The van der Waals surface area contributed by atoms with Gasteiger partial charge in [-0.1, -0.05) is 0 Å². The minimum absolute atomic E-state index is 0.586. The van der Waals surface area contributed by atoms with Crippen LogP contribution in [0.25, 0.3) is 0 Å². The predicted molar refractivity (Wildman–Crippen MR) is 122 cm³/mol. The van der Waals surface area contributed by atoms with E-state index in [-0.39, 0.29) is 0 Å².